The molecule has 0 spiro atoms. The topological polar surface area (TPSA) is 143 Å². The van der Waals surface area contributed by atoms with Crippen LogP contribution in [0.3, 0.4) is 0 Å². The Labute approximate surface area is 177 Å². The van der Waals surface area contributed by atoms with E-state index < -0.39 is 23.9 Å². The van der Waals surface area contributed by atoms with Crippen LogP contribution in [0.4, 0.5) is 21.5 Å². The molecule has 0 aliphatic carbocycles. The predicted octanol–water partition coefficient (Wildman–Crippen LogP) is 1.41. The van der Waals surface area contributed by atoms with Crippen LogP contribution in [0.1, 0.15) is 16.9 Å². The molecule has 3 aromatic rings. The second-order valence-electron chi connectivity index (χ2n) is 7.29. The van der Waals surface area contributed by atoms with Gasteiger partial charge in [0.05, 0.1) is 41.1 Å². The number of carbonyl (C=O) groups is 1. The summed E-state index contributed by atoms with van der Waals surface area (Å²) in [4.78, 5) is 27.3. The van der Waals surface area contributed by atoms with Crippen LogP contribution in [0, 0.1) is 5.82 Å². The standard InChI is InChI=1S/C21H22FN7O2/c22-13-4-2-1-3-12(13)20-26-9-14(23)19(28-20)21(31)27-16-10-25-7-5-17(16)29-8-6-18(30)15(24)11-29/h1-5,7,9-10,15,18,30H,6,8,11,23-24H2,(H,27,31)/t15-,18-/m1/s1. The number of hydrogen-bond acceptors (Lipinski definition) is 8. The van der Waals surface area contributed by atoms with Gasteiger partial charge in [-0.2, -0.15) is 0 Å². The van der Waals surface area contributed by atoms with E-state index in [0.717, 1.165) is 0 Å². The Morgan fingerprint density at radius 2 is 2.06 bits per heavy atom. The van der Waals surface area contributed by atoms with Gasteiger partial charge in [-0.05, 0) is 24.6 Å². The highest BCUT2D eigenvalue weighted by molar-refractivity contribution is 6.07. The van der Waals surface area contributed by atoms with Crippen molar-refractivity contribution in [2.45, 2.75) is 18.6 Å². The average molecular weight is 423 g/mol. The molecule has 1 aromatic carbocycles. The molecule has 0 bridgehead atoms. The lowest BCUT2D eigenvalue weighted by Crippen LogP contribution is -2.51. The Hall–Kier alpha value is -3.63. The third-order valence-electron chi connectivity index (χ3n) is 5.15. The van der Waals surface area contributed by atoms with Gasteiger partial charge in [0.1, 0.15) is 5.82 Å². The maximum atomic E-state index is 14.1. The number of halogens is 1. The fourth-order valence-electron chi connectivity index (χ4n) is 3.47. The summed E-state index contributed by atoms with van der Waals surface area (Å²) in [5, 5.41) is 12.7. The summed E-state index contributed by atoms with van der Waals surface area (Å²) in [5.74, 6) is -1.02. The fraction of sp³-hybridized carbons (Fsp3) is 0.238. The third-order valence-corrected chi connectivity index (χ3v) is 5.15. The van der Waals surface area contributed by atoms with Crippen molar-refractivity contribution < 1.29 is 14.3 Å². The molecule has 1 fully saturated rings. The molecule has 31 heavy (non-hydrogen) atoms. The Kier molecular flexibility index (Phi) is 5.74. The summed E-state index contributed by atoms with van der Waals surface area (Å²) in [7, 11) is 0. The molecule has 10 heteroatoms. The van der Waals surface area contributed by atoms with Crippen molar-refractivity contribution >= 4 is 23.0 Å². The lowest BCUT2D eigenvalue weighted by Gasteiger charge is -2.36. The molecule has 2 atom stereocenters. The van der Waals surface area contributed by atoms with Gasteiger partial charge in [0.25, 0.3) is 5.91 Å². The number of aliphatic hydroxyl groups is 1. The van der Waals surface area contributed by atoms with E-state index in [9.17, 15) is 14.3 Å². The molecule has 1 aliphatic rings. The molecule has 6 N–H and O–H groups in total. The smallest absolute Gasteiger partial charge is 0.276 e. The Bertz CT molecular complexity index is 1110. The van der Waals surface area contributed by atoms with Crippen molar-refractivity contribution in [2.75, 3.05) is 29.0 Å². The van der Waals surface area contributed by atoms with E-state index in [1.165, 1.54) is 24.5 Å². The summed E-state index contributed by atoms with van der Waals surface area (Å²) in [6.07, 6.45) is 4.35. The molecule has 0 saturated carbocycles. The van der Waals surface area contributed by atoms with Crippen LogP contribution in [0.2, 0.25) is 0 Å². The molecule has 3 heterocycles. The number of carbonyl (C=O) groups excluding carboxylic acids is 1. The Morgan fingerprint density at radius 1 is 1.26 bits per heavy atom. The number of nitrogens with two attached hydrogens (primary N) is 2. The molecular formula is C21H22FN7O2. The summed E-state index contributed by atoms with van der Waals surface area (Å²) in [6.45, 7) is 1.01. The molecule has 0 unspecified atom stereocenters. The quantitative estimate of drug-likeness (QED) is 0.493. The van der Waals surface area contributed by atoms with Gasteiger partial charge in [-0.15, -0.1) is 0 Å². The van der Waals surface area contributed by atoms with E-state index in [1.807, 2.05) is 4.90 Å². The molecule has 1 saturated heterocycles. The van der Waals surface area contributed by atoms with Gasteiger partial charge in [0.2, 0.25) is 0 Å². The van der Waals surface area contributed by atoms with Gasteiger partial charge in [0, 0.05) is 25.3 Å². The highest BCUT2D eigenvalue weighted by Crippen LogP contribution is 2.28. The first-order chi connectivity index (χ1) is 14.9. The van der Waals surface area contributed by atoms with Crippen molar-refractivity contribution in [2.24, 2.45) is 5.73 Å². The zero-order chi connectivity index (χ0) is 22.0. The van der Waals surface area contributed by atoms with Crippen molar-refractivity contribution in [1.29, 1.82) is 0 Å². The highest BCUT2D eigenvalue weighted by atomic mass is 19.1. The van der Waals surface area contributed by atoms with E-state index in [-0.39, 0.29) is 22.8 Å². The molecule has 1 amide bonds. The summed E-state index contributed by atoms with van der Waals surface area (Å²) in [6, 6.07) is 7.38. The number of nitrogen functional groups attached to an aromatic ring is 1. The lowest BCUT2D eigenvalue weighted by atomic mass is 10.0. The van der Waals surface area contributed by atoms with Crippen LogP contribution in [-0.2, 0) is 0 Å². The number of aliphatic hydroxyl groups excluding tert-OH is 1. The van der Waals surface area contributed by atoms with Gasteiger partial charge < -0.3 is 26.8 Å². The summed E-state index contributed by atoms with van der Waals surface area (Å²) in [5.41, 5.74) is 13.2. The first-order valence-corrected chi connectivity index (χ1v) is 9.75. The first kappa shape index (κ1) is 20.6. The van der Waals surface area contributed by atoms with Gasteiger partial charge >= 0.3 is 0 Å². The molecule has 1 aliphatic heterocycles. The highest BCUT2D eigenvalue weighted by Gasteiger charge is 2.27. The van der Waals surface area contributed by atoms with E-state index in [2.05, 4.69) is 20.3 Å². The van der Waals surface area contributed by atoms with E-state index in [0.29, 0.717) is 30.9 Å². The minimum Gasteiger partial charge on any atom is -0.396 e. The second kappa shape index (κ2) is 8.62. The first-order valence-electron chi connectivity index (χ1n) is 9.75. The van der Waals surface area contributed by atoms with E-state index in [4.69, 9.17) is 11.5 Å². The number of amides is 1. The van der Waals surface area contributed by atoms with Crippen LogP contribution in [-0.4, -0.2) is 51.2 Å². The van der Waals surface area contributed by atoms with Gasteiger partial charge in [-0.1, -0.05) is 12.1 Å². The number of benzene rings is 1. The minimum absolute atomic E-state index is 0.0554. The normalized spacial score (nSPS) is 18.6. The number of nitrogens with one attached hydrogen (secondary N) is 1. The number of rotatable bonds is 4. The maximum Gasteiger partial charge on any atom is 0.276 e. The number of aromatic nitrogens is 3. The number of piperidine rings is 1. The van der Waals surface area contributed by atoms with Crippen molar-refractivity contribution in [1.82, 2.24) is 15.0 Å². The number of anilines is 3. The molecule has 160 valence electrons. The fourth-order valence-corrected chi connectivity index (χ4v) is 3.47. The Balaban J connectivity index is 1.61. The third kappa shape index (κ3) is 4.30. The molecule has 4 rings (SSSR count). The van der Waals surface area contributed by atoms with Crippen molar-refractivity contribution in [3.05, 3.63) is 60.4 Å². The summed E-state index contributed by atoms with van der Waals surface area (Å²) < 4.78 is 14.1. The van der Waals surface area contributed by atoms with Gasteiger partial charge in [0.15, 0.2) is 11.5 Å². The number of pyridine rings is 1. The van der Waals surface area contributed by atoms with E-state index in [1.54, 1.807) is 24.4 Å². The SMILES string of the molecule is Nc1cnc(-c2ccccc2F)nc1C(=O)Nc1cnccc1N1CC[C@@H](O)[C@H](N)C1. The molecular weight excluding hydrogens is 401 g/mol. The van der Waals surface area contributed by atoms with E-state index >= 15 is 0 Å². The minimum atomic E-state index is -0.576. The average Bonchev–Trinajstić information content (AvgIpc) is 2.77. The van der Waals surface area contributed by atoms with Crippen molar-refractivity contribution in [3.8, 4) is 11.4 Å². The van der Waals surface area contributed by atoms with Crippen LogP contribution in [0.15, 0.2) is 48.9 Å². The maximum absolute atomic E-state index is 14.1. The summed E-state index contributed by atoms with van der Waals surface area (Å²) >= 11 is 0. The number of hydrogen-bond donors (Lipinski definition) is 4. The Morgan fingerprint density at radius 3 is 2.84 bits per heavy atom. The number of nitrogens with zero attached hydrogens (tertiary/aromatic N) is 4. The monoisotopic (exact) mass is 423 g/mol. The largest absolute Gasteiger partial charge is 0.396 e. The molecule has 2 aromatic heterocycles. The zero-order valence-electron chi connectivity index (χ0n) is 16.6. The molecule has 9 nitrogen and oxygen atoms in total. The van der Waals surface area contributed by atoms with Gasteiger partial charge in [-0.25, -0.2) is 14.4 Å². The zero-order valence-corrected chi connectivity index (χ0v) is 16.6. The van der Waals surface area contributed by atoms with Crippen LogP contribution in [0.25, 0.3) is 11.4 Å². The van der Waals surface area contributed by atoms with Gasteiger partial charge in [-0.3, -0.25) is 9.78 Å². The predicted molar refractivity (Wildman–Crippen MR) is 115 cm³/mol. The van der Waals surface area contributed by atoms with Crippen LogP contribution < -0.4 is 21.7 Å². The second-order valence-corrected chi connectivity index (χ2v) is 7.29. The lowest BCUT2D eigenvalue weighted by molar-refractivity contribution is 0.102. The van der Waals surface area contributed by atoms with Crippen molar-refractivity contribution in [3.63, 3.8) is 0 Å². The van der Waals surface area contributed by atoms with Crippen LogP contribution >= 0.6 is 0 Å². The molecule has 0 radical (unpaired) electrons. The van der Waals surface area contributed by atoms with Crippen LogP contribution in [0.5, 0.6) is 0 Å².